The van der Waals surface area contributed by atoms with Crippen molar-refractivity contribution >= 4 is 25.8 Å². The van der Waals surface area contributed by atoms with E-state index in [1.807, 2.05) is 0 Å². The fourth-order valence-electron chi connectivity index (χ4n) is 2.07. The van der Waals surface area contributed by atoms with E-state index in [1.54, 1.807) is 0 Å². The van der Waals surface area contributed by atoms with Gasteiger partial charge in [0.05, 0.1) is 10.6 Å². The summed E-state index contributed by atoms with van der Waals surface area (Å²) >= 11 is 0. The Hall–Kier alpha value is -1.45. The van der Waals surface area contributed by atoms with E-state index in [4.69, 9.17) is 0 Å². The van der Waals surface area contributed by atoms with Gasteiger partial charge in [0.15, 0.2) is 9.84 Å². The molecule has 1 fully saturated rings. The van der Waals surface area contributed by atoms with Gasteiger partial charge >= 0.3 is 0 Å². The number of amides is 1. The smallest absolute Gasteiger partial charge is 0.242 e. The van der Waals surface area contributed by atoms with Crippen LogP contribution >= 0.6 is 0 Å². The van der Waals surface area contributed by atoms with E-state index >= 15 is 0 Å². The van der Waals surface area contributed by atoms with Gasteiger partial charge in [0.2, 0.25) is 15.9 Å². The fraction of sp³-hybridized carbons (Fsp3) is 0.533. The van der Waals surface area contributed by atoms with Gasteiger partial charge in [-0.3, -0.25) is 4.79 Å². The van der Waals surface area contributed by atoms with Crippen molar-refractivity contribution < 1.29 is 21.6 Å². The summed E-state index contributed by atoms with van der Waals surface area (Å²) < 4.78 is 50.2. The van der Waals surface area contributed by atoms with Crippen LogP contribution in [0.1, 0.15) is 25.3 Å². The number of rotatable bonds is 7. The van der Waals surface area contributed by atoms with Gasteiger partial charge in [0.25, 0.3) is 0 Å². The molecule has 1 atom stereocenters. The minimum absolute atomic E-state index is 0.0234. The second-order valence-corrected chi connectivity index (χ2v) is 10.6. The predicted molar refractivity (Wildman–Crippen MR) is 90.6 cm³/mol. The molecule has 24 heavy (non-hydrogen) atoms. The monoisotopic (exact) mass is 374 g/mol. The molecule has 0 spiro atoms. The summed E-state index contributed by atoms with van der Waals surface area (Å²) in [4.78, 5) is 12.0. The third kappa shape index (κ3) is 4.34. The highest BCUT2D eigenvalue weighted by molar-refractivity contribution is 7.92. The van der Waals surface area contributed by atoms with Gasteiger partial charge in [0, 0.05) is 20.1 Å². The molecule has 1 aliphatic carbocycles. The Morgan fingerprint density at radius 1 is 1.25 bits per heavy atom. The van der Waals surface area contributed by atoms with Crippen LogP contribution in [0.3, 0.4) is 0 Å². The first-order chi connectivity index (χ1) is 11.0. The Morgan fingerprint density at radius 3 is 2.42 bits per heavy atom. The molecular formula is C15H22N2O5S2. The highest BCUT2D eigenvalue weighted by Gasteiger charge is 2.32. The zero-order valence-electron chi connectivity index (χ0n) is 13.9. The maximum absolute atomic E-state index is 12.4. The third-order valence-corrected chi connectivity index (χ3v) is 7.71. The Balaban J connectivity index is 2.19. The van der Waals surface area contributed by atoms with Gasteiger partial charge in [0.1, 0.15) is 5.25 Å². The van der Waals surface area contributed by atoms with Crippen LogP contribution in [0.15, 0.2) is 29.2 Å². The average molecular weight is 374 g/mol. The van der Waals surface area contributed by atoms with Crippen molar-refractivity contribution in [1.29, 1.82) is 0 Å². The van der Waals surface area contributed by atoms with Gasteiger partial charge in [-0.2, -0.15) is 0 Å². The molecule has 0 radical (unpaired) electrons. The summed E-state index contributed by atoms with van der Waals surface area (Å²) in [5, 5.41) is 1.50. The second kappa shape index (κ2) is 6.81. The molecule has 1 amide bonds. The summed E-state index contributed by atoms with van der Waals surface area (Å²) in [7, 11) is -4.56. The number of hydrogen-bond acceptors (Lipinski definition) is 5. The predicted octanol–water partition coefficient (Wildman–Crippen LogP) is 0.519. The van der Waals surface area contributed by atoms with Crippen LogP contribution in [-0.4, -0.2) is 52.4 Å². The molecule has 1 N–H and O–H groups in total. The van der Waals surface area contributed by atoms with E-state index in [0.717, 1.165) is 17.1 Å². The Morgan fingerprint density at radius 2 is 1.88 bits per heavy atom. The molecule has 0 saturated heterocycles. The molecule has 1 saturated carbocycles. The van der Waals surface area contributed by atoms with Gasteiger partial charge in [-0.25, -0.2) is 21.1 Å². The number of sulfonamides is 1. The van der Waals surface area contributed by atoms with Gasteiger partial charge in [-0.05, 0) is 37.5 Å². The van der Waals surface area contributed by atoms with E-state index in [1.165, 1.54) is 45.3 Å². The summed E-state index contributed by atoms with van der Waals surface area (Å²) in [5.74, 6) is -0.891. The van der Waals surface area contributed by atoms with Gasteiger partial charge in [-0.15, -0.1) is 0 Å². The Labute approximate surface area is 143 Å². The van der Waals surface area contributed by atoms with Crippen LogP contribution in [-0.2, 0) is 30.4 Å². The first kappa shape index (κ1) is 18.9. The third-order valence-electron chi connectivity index (χ3n) is 3.88. The topological polar surface area (TPSA) is 101 Å². The highest BCUT2D eigenvalue weighted by Crippen LogP contribution is 2.21. The van der Waals surface area contributed by atoms with Crippen LogP contribution < -0.4 is 5.32 Å². The van der Waals surface area contributed by atoms with Crippen molar-refractivity contribution in [3.63, 3.8) is 0 Å². The highest BCUT2D eigenvalue weighted by atomic mass is 32.2. The van der Waals surface area contributed by atoms with Crippen LogP contribution in [0, 0.1) is 0 Å². The Bertz CT molecular complexity index is 827. The zero-order chi connectivity index (χ0) is 18.1. The van der Waals surface area contributed by atoms with Gasteiger partial charge < -0.3 is 5.32 Å². The first-order valence-corrected chi connectivity index (χ1v) is 10.7. The molecule has 0 unspecified atom stereocenters. The number of hydrogen-bond donors (Lipinski definition) is 1. The van der Waals surface area contributed by atoms with Crippen LogP contribution in [0.2, 0.25) is 0 Å². The fourth-order valence-corrected chi connectivity index (χ4v) is 4.33. The first-order valence-electron chi connectivity index (χ1n) is 7.57. The lowest BCUT2D eigenvalue weighted by Gasteiger charge is -2.15. The largest absolute Gasteiger partial charge is 0.352 e. The molecule has 9 heteroatoms. The maximum Gasteiger partial charge on any atom is 0.242 e. The van der Waals surface area contributed by atoms with Crippen molar-refractivity contribution in [1.82, 2.24) is 9.62 Å². The van der Waals surface area contributed by atoms with E-state index in [-0.39, 0.29) is 16.7 Å². The van der Waals surface area contributed by atoms with Crippen LogP contribution in [0.5, 0.6) is 0 Å². The maximum atomic E-state index is 12.4. The quantitative estimate of drug-likeness (QED) is 0.750. The van der Waals surface area contributed by atoms with Crippen molar-refractivity contribution in [2.24, 2.45) is 0 Å². The van der Waals surface area contributed by atoms with Crippen LogP contribution in [0.4, 0.5) is 0 Å². The molecule has 7 nitrogen and oxygen atoms in total. The Kier molecular flexibility index (Phi) is 5.36. The summed E-state index contributed by atoms with van der Waals surface area (Å²) in [6.45, 7) is 1.35. The van der Waals surface area contributed by atoms with E-state index in [2.05, 4.69) is 5.32 Å². The molecule has 2 rings (SSSR count). The molecule has 0 bridgehead atoms. The van der Waals surface area contributed by atoms with E-state index in [9.17, 15) is 21.6 Å². The standard InChI is InChI=1S/C15H22N2O5S2/c1-11(15(18)16-13-7-8-13)23(19,20)10-12-5-4-6-14(9-12)24(21,22)17(2)3/h4-6,9,11,13H,7-8,10H2,1-3H3,(H,16,18)/t11-/m0/s1. The van der Waals surface area contributed by atoms with E-state index < -0.39 is 31.0 Å². The lowest BCUT2D eigenvalue weighted by atomic mass is 10.2. The number of nitrogens with one attached hydrogen (secondary N) is 1. The average Bonchev–Trinajstić information content (AvgIpc) is 3.29. The molecule has 0 aromatic heterocycles. The molecule has 134 valence electrons. The van der Waals surface area contributed by atoms with Gasteiger partial charge in [-0.1, -0.05) is 12.1 Å². The minimum atomic E-state index is -3.73. The summed E-state index contributed by atoms with van der Waals surface area (Å²) in [5.41, 5.74) is 0.337. The molecule has 0 aliphatic heterocycles. The molecule has 0 heterocycles. The van der Waals surface area contributed by atoms with Crippen molar-refractivity contribution in [3.05, 3.63) is 29.8 Å². The van der Waals surface area contributed by atoms with Crippen molar-refractivity contribution in [2.75, 3.05) is 14.1 Å². The lowest BCUT2D eigenvalue weighted by molar-refractivity contribution is -0.120. The lowest BCUT2D eigenvalue weighted by Crippen LogP contribution is -2.39. The molecule has 1 aliphatic rings. The van der Waals surface area contributed by atoms with E-state index in [0.29, 0.717) is 5.56 Å². The minimum Gasteiger partial charge on any atom is -0.352 e. The van der Waals surface area contributed by atoms with Crippen molar-refractivity contribution in [2.45, 2.75) is 41.7 Å². The molecular weight excluding hydrogens is 352 g/mol. The number of benzene rings is 1. The number of carbonyl (C=O) groups is 1. The number of nitrogens with zero attached hydrogens (tertiary/aromatic N) is 1. The summed E-state index contributed by atoms with van der Waals surface area (Å²) in [6.07, 6.45) is 1.76. The van der Waals surface area contributed by atoms with Crippen LogP contribution in [0.25, 0.3) is 0 Å². The normalized spacial score (nSPS) is 16.8. The molecule has 1 aromatic carbocycles. The number of carbonyl (C=O) groups excluding carboxylic acids is 1. The number of sulfone groups is 1. The van der Waals surface area contributed by atoms with Crippen molar-refractivity contribution in [3.8, 4) is 0 Å². The summed E-state index contributed by atoms with van der Waals surface area (Å²) in [6, 6.07) is 5.87. The SMILES string of the molecule is C[C@@H](C(=O)NC1CC1)S(=O)(=O)Cc1cccc(S(=O)(=O)N(C)C)c1. The second-order valence-electron chi connectivity index (χ2n) is 6.17. The zero-order valence-corrected chi connectivity index (χ0v) is 15.5. The molecule has 1 aromatic rings.